The van der Waals surface area contributed by atoms with Crippen LogP contribution in [0.5, 0.6) is 0 Å². The molecule has 4 rings (SSSR count). The molecule has 1 aromatic heterocycles. The van der Waals surface area contributed by atoms with Crippen LogP contribution in [-0.2, 0) is 24.8 Å². The van der Waals surface area contributed by atoms with Gasteiger partial charge in [-0.05, 0) is 43.3 Å². The fourth-order valence-electron chi connectivity index (χ4n) is 4.17. The molecule has 1 aromatic carbocycles. The first-order valence-corrected chi connectivity index (χ1v) is 14.3. The van der Waals surface area contributed by atoms with Crippen molar-refractivity contribution < 1.29 is 21.6 Å². The molecule has 2 aliphatic heterocycles. The Hall–Kier alpha value is -1.79. The Kier molecular flexibility index (Phi) is 6.73. The molecule has 3 heterocycles. The maximum absolute atomic E-state index is 13.1. The number of thiophene rings is 1. The average Bonchev–Trinajstić information content (AvgIpc) is 3.35. The highest BCUT2D eigenvalue weighted by molar-refractivity contribution is 7.91. The maximum atomic E-state index is 13.1. The highest BCUT2D eigenvalue weighted by Gasteiger charge is 2.37. The van der Waals surface area contributed by atoms with Gasteiger partial charge in [-0.2, -0.15) is 8.61 Å². The smallest absolute Gasteiger partial charge is 0.252 e. The number of nitrogens with zero attached hydrogens (tertiary/aromatic N) is 3. The Morgan fingerprint density at radius 1 is 0.906 bits per heavy atom. The van der Waals surface area contributed by atoms with Crippen molar-refractivity contribution in [1.82, 2.24) is 13.5 Å². The predicted octanol–water partition coefficient (Wildman–Crippen LogP) is 1.99. The number of aryl methyl sites for hydroxylation is 1. The Labute approximate surface area is 193 Å². The van der Waals surface area contributed by atoms with Gasteiger partial charge in [0.2, 0.25) is 15.9 Å². The molecule has 0 unspecified atom stereocenters. The van der Waals surface area contributed by atoms with Crippen LogP contribution in [0.25, 0.3) is 0 Å². The number of rotatable bonds is 5. The normalized spacial score (nSPS) is 21.5. The van der Waals surface area contributed by atoms with E-state index in [9.17, 15) is 21.6 Å². The van der Waals surface area contributed by atoms with Gasteiger partial charge < -0.3 is 4.90 Å². The lowest BCUT2D eigenvalue weighted by Crippen LogP contribution is -2.54. The van der Waals surface area contributed by atoms with Crippen molar-refractivity contribution in [3.63, 3.8) is 0 Å². The number of carbonyl (C=O) groups excluding carboxylic acids is 1. The SMILES string of the molecule is Cc1ccc(S(=O)(=O)N2CCN(C(=O)[C@@H]3CCCN(S(=O)(=O)c4cccs4)C3)CC2)cc1. The van der Waals surface area contributed by atoms with Gasteiger partial charge in [0.05, 0.1) is 10.8 Å². The van der Waals surface area contributed by atoms with Crippen LogP contribution < -0.4 is 0 Å². The topological polar surface area (TPSA) is 95.1 Å². The summed E-state index contributed by atoms with van der Waals surface area (Å²) in [5.74, 6) is -0.498. The summed E-state index contributed by atoms with van der Waals surface area (Å²) >= 11 is 1.18. The Bertz CT molecular complexity index is 1150. The second-order valence-corrected chi connectivity index (χ2v) is 13.2. The molecule has 1 amide bonds. The lowest BCUT2D eigenvalue weighted by Gasteiger charge is -2.38. The van der Waals surface area contributed by atoms with Crippen molar-refractivity contribution >= 4 is 37.3 Å². The van der Waals surface area contributed by atoms with E-state index < -0.39 is 26.0 Å². The van der Waals surface area contributed by atoms with Crippen LogP contribution in [0, 0.1) is 12.8 Å². The molecule has 0 N–H and O–H groups in total. The molecule has 2 fully saturated rings. The lowest BCUT2D eigenvalue weighted by molar-refractivity contribution is -0.137. The van der Waals surface area contributed by atoms with Crippen LogP contribution in [0.4, 0.5) is 0 Å². The zero-order chi connectivity index (χ0) is 22.9. The number of hydrogen-bond donors (Lipinski definition) is 0. The van der Waals surface area contributed by atoms with E-state index in [1.54, 1.807) is 46.7 Å². The minimum absolute atomic E-state index is 0.0940. The molecule has 2 aromatic rings. The van der Waals surface area contributed by atoms with Crippen LogP contribution in [0.1, 0.15) is 18.4 Å². The molecule has 32 heavy (non-hydrogen) atoms. The van der Waals surface area contributed by atoms with E-state index in [1.807, 2.05) is 6.92 Å². The van der Waals surface area contributed by atoms with Gasteiger partial charge in [-0.3, -0.25) is 4.79 Å². The van der Waals surface area contributed by atoms with Gasteiger partial charge in [-0.15, -0.1) is 11.3 Å². The number of hydrogen-bond acceptors (Lipinski definition) is 6. The summed E-state index contributed by atoms with van der Waals surface area (Å²) in [5, 5.41) is 1.73. The van der Waals surface area contributed by atoms with E-state index in [1.165, 1.54) is 19.9 Å². The second kappa shape index (κ2) is 9.22. The van der Waals surface area contributed by atoms with Crippen LogP contribution in [-0.4, -0.2) is 75.5 Å². The van der Waals surface area contributed by atoms with Crippen molar-refractivity contribution in [3.8, 4) is 0 Å². The molecule has 0 bridgehead atoms. The van der Waals surface area contributed by atoms with Gasteiger partial charge >= 0.3 is 0 Å². The third-order valence-electron chi connectivity index (χ3n) is 6.03. The number of carbonyl (C=O) groups is 1. The number of amides is 1. The van der Waals surface area contributed by atoms with E-state index >= 15 is 0 Å². The number of piperazine rings is 1. The first kappa shape index (κ1) is 23.4. The van der Waals surface area contributed by atoms with Crippen LogP contribution in [0.15, 0.2) is 50.9 Å². The summed E-state index contributed by atoms with van der Waals surface area (Å²) in [6.45, 7) is 3.54. The summed E-state index contributed by atoms with van der Waals surface area (Å²) in [5.41, 5.74) is 0.988. The van der Waals surface area contributed by atoms with Gasteiger partial charge in [0.25, 0.3) is 10.0 Å². The van der Waals surface area contributed by atoms with Crippen LogP contribution >= 0.6 is 11.3 Å². The van der Waals surface area contributed by atoms with E-state index in [2.05, 4.69) is 0 Å². The van der Waals surface area contributed by atoms with Gasteiger partial charge in [0, 0.05) is 39.3 Å². The zero-order valence-electron chi connectivity index (χ0n) is 17.9. The number of benzene rings is 1. The van der Waals surface area contributed by atoms with Gasteiger partial charge in [-0.25, -0.2) is 16.8 Å². The van der Waals surface area contributed by atoms with Gasteiger partial charge in [0.1, 0.15) is 4.21 Å². The molecule has 11 heteroatoms. The summed E-state index contributed by atoms with van der Waals surface area (Å²) in [7, 11) is -7.18. The largest absolute Gasteiger partial charge is 0.340 e. The molecular formula is C21H27N3O5S3. The predicted molar refractivity (Wildman–Crippen MR) is 122 cm³/mol. The maximum Gasteiger partial charge on any atom is 0.252 e. The van der Waals surface area contributed by atoms with E-state index in [0.29, 0.717) is 36.7 Å². The summed E-state index contributed by atoms with van der Waals surface area (Å²) in [6, 6.07) is 10.0. The van der Waals surface area contributed by atoms with Gasteiger partial charge in [0.15, 0.2) is 0 Å². The lowest BCUT2D eigenvalue weighted by atomic mass is 9.98. The van der Waals surface area contributed by atoms with Crippen molar-refractivity contribution in [1.29, 1.82) is 0 Å². The monoisotopic (exact) mass is 497 g/mol. The van der Waals surface area contributed by atoms with E-state index in [-0.39, 0.29) is 30.4 Å². The summed E-state index contributed by atoms with van der Waals surface area (Å²) < 4.78 is 54.6. The van der Waals surface area contributed by atoms with Crippen LogP contribution in [0.3, 0.4) is 0 Å². The van der Waals surface area contributed by atoms with Crippen molar-refractivity contribution in [2.45, 2.75) is 28.9 Å². The Balaban J connectivity index is 1.38. The number of sulfonamides is 2. The minimum atomic E-state index is -3.60. The third kappa shape index (κ3) is 4.62. The summed E-state index contributed by atoms with van der Waals surface area (Å²) in [6.07, 6.45) is 1.26. The van der Waals surface area contributed by atoms with E-state index in [0.717, 1.165) is 5.56 Å². The molecular weight excluding hydrogens is 470 g/mol. The van der Waals surface area contributed by atoms with E-state index in [4.69, 9.17) is 0 Å². The second-order valence-electron chi connectivity index (χ2n) is 8.18. The average molecular weight is 498 g/mol. The molecule has 0 aliphatic carbocycles. The highest BCUT2D eigenvalue weighted by Crippen LogP contribution is 2.28. The molecule has 1 atom stereocenters. The van der Waals surface area contributed by atoms with Gasteiger partial charge in [-0.1, -0.05) is 23.8 Å². The quantitative estimate of drug-likeness (QED) is 0.630. The molecule has 2 aliphatic rings. The Morgan fingerprint density at radius 2 is 1.59 bits per heavy atom. The van der Waals surface area contributed by atoms with Crippen molar-refractivity contribution in [2.75, 3.05) is 39.3 Å². The van der Waals surface area contributed by atoms with Crippen molar-refractivity contribution in [3.05, 3.63) is 47.3 Å². The first-order valence-electron chi connectivity index (χ1n) is 10.6. The summed E-state index contributed by atoms with van der Waals surface area (Å²) in [4.78, 5) is 15.0. The fourth-order valence-corrected chi connectivity index (χ4v) is 8.26. The van der Waals surface area contributed by atoms with Crippen molar-refractivity contribution in [2.24, 2.45) is 5.92 Å². The number of piperidine rings is 1. The molecule has 8 nitrogen and oxygen atoms in total. The molecule has 0 radical (unpaired) electrons. The first-order chi connectivity index (χ1) is 15.2. The molecule has 0 spiro atoms. The standard InChI is InChI=1S/C21H27N3O5S3/c1-17-6-8-19(9-7-17)31(26,27)23-13-11-22(12-14-23)21(25)18-4-2-10-24(16-18)32(28,29)20-5-3-15-30-20/h3,5-9,15,18H,2,4,10-14,16H2,1H3/t18-/m1/s1. The molecule has 2 saturated heterocycles. The highest BCUT2D eigenvalue weighted by atomic mass is 32.2. The minimum Gasteiger partial charge on any atom is -0.340 e. The Morgan fingerprint density at radius 3 is 2.22 bits per heavy atom. The van der Waals surface area contributed by atoms with Crippen LogP contribution in [0.2, 0.25) is 0 Å². The molecule has 174 valence electrons. The third-order valence-corrected chi connectivity index (χ3v) is 11.2. The fraction of sp³-hybridized carbons (Fsp3) is 0.476. The molecule has 0 saturated carbocycles. The zero-order valence-corrected chi connectivity index (χ0v) is 20.3.